The van der Waals surface area contributed by atoms with Crippen LogP contribution in [0.2, 0.25) is 0 Å². The van der Waals surface area contributed by atoms with Gasteiger partial charge < -0.3 is 14.2 Å². The van der Waals surface area contributed by atoms with Crippen LogP contribution in [0, 0.1) is 0 Å². The fourth-order valence-electron chi connectivity index (χ4n) is 3.44. The average Bonchev–Trinajstić information content (AvgIpc) is 2.99. The Balaban J connectivity index is 1.81. The highest BCUT2D eigenvalue weighted by Gasteiger charge is 2.42. The van der Waals surface area contributed by atoms with E-state index in [1.165, 1.54) is 6.08 Å². The molecule has 0 N–H and O–H groups in total. The van der Waals surface area contributed by atoms with Crippen molar-refractivity contribution in [2.24, 2.45) is 0 Å². The van der Waals surface area contributed by atoms with Gasteiger partial charge in [-0.1, -0.05) is 42.5 Å². The monoisotopic (exact) mass is 401 g/mol. The van der Waals surface area contributed by atoms with Crippen LogP contribution in [0.3, 0.4) is 0 Å². The third-order valence-electron chi connectivity index (χ3n) is 4.59. The molecule has 6 heteroatoms. The molecule has 2 aliphatic heterocycles. The molecule has 158 valence electrons. The lowest BCUT2D eigenvalue weighted by Crippen LogP contribution is -2.48. The fourth-order valence-corrected chi connectivity index (χ4v) is 3.44. The van der Waals surface area contributed by atoms with E-state index in [2.05, 4.69) is 12.1 Å². The molecule has 0 spiro atoms. The van der Waals surface area contributed by atoms with Gasteiger partial charge in [-0.25, -0.2) is 4.79 Å². The molecular formula is C23H31NO5. The van der Waals surface area contributed by atoms with Gasteiger partial charge in [0, 0.05) is 12.6 Å². The van der Waals surface area contributed by atoms with E-state index >= 15 is 0 Å². The topological polar surface area (TPSA) is 57.2 Å². The lowest BCUT2D eigenvalue weighted by molar-refractivity contribution is -0.214. The number of carbonyl (C=O) groups is 1. The number of hydrogen-bond donors (Lipinski definition) is 0. The van der Waals surface area contributed by atoms with E-state index in [-0.39, 0.29) is 18.1 Å². The second-order valence-corrected chi connectivity index (χ2v) is 8.74. The summed E-state index contributed by atoms with van der Waals surface area (Å²) in [4.78, 5) is 18.1. The molecule has 1 fully saturated rings. The maximum Gasteiger partial charge on any atom is 0.331 e. The number of benzene rings is 1. The molecule has 6 nitrogen and oxygen atoms in total. The summed E-state index contributed by atoms with van der Waals surface area (Å²) in [5.74, 6) is -1.03. The van der Waals surface area contributed by atoms with E-state index in [0.717, 1.165) is 11.1 Å². The van der Waals surface area contributed by atoms with Crippen molar-refractivity contribution in [3.05, 3.63) is 59.7 Å². The molecule has 1 saturated heterocycles. The first-order valence-corrected chi connectivity index (χ1v) is 9.99. The van der Waals surface area contributed by atoms with E-state index < -0.39 is 11.4 Å². The molecule has 0 amide bonds. The molecule has 2 atom stereocenters. The van der Waals surface area contributed by atoms with Crippen molar-refractivity contribution in [2.75, 3.05) is 13.2 Å². The molecule has 2 heterocycles. The van der Waals surface area contributed by atoms with Crippen molar-refractivity contribution in [1.29, 1.82) is 0 Å². The predicted molar refractivity (Wildman–Crippen MR) is 110 cm³/mol. The third-order valence-corrected chi connectivity index (χ3v) is 4.59. The highest BCUT2D eigenvalue weighted by molar-refractivity contribution is 5.83. The van der Waals surface area contributed by atoms with Gasteiger partial charge >= 0.3 is 5.97 Å². The van der Waals surface area contributed by atoms with Crippen molar-refractivity contribution >= 4 is 5.97 Å². The minimum Gasteiger partial charge on any atom is -0.457 e. The van der Waals surface area contributed by atoms with Gasteiger partial charge in [-0.2, -0.15) is 5.06 Å². The van der Waals surface area contributed by atoms with E-state index in [1.807, 2.05) is 64.0 Å². The van der Waals surface area contributed by atoms with Gasteiger partial charge in [0.1, 0.15) is 11.7 Å². The van der Waals surface area contributed by atoms with Crippen LogP contribution in [0.4, 0.5) is 0 Å². The molecular weight excluding hydrogens is 370 g/mol. The molecule has 0 aliphatic carbocycles. The number of nitrogens with zero attached hydrogens (tertiary/aromatic N) is 1. The zero-order valence-corrected chi connectivity index (χ0v) is 17.9. The number of hydroxylamine groups is 2. The second kappa shape index (κ2) is 8.79. The van der Waals surface area contributed by atoms with Crippen LogP contribution in [0.25, 0.3) is 0 Å². The molecule has 29 heavy (non-hydrogen) atoms. The van der Waals surface area contributed by atoms with Crippen molar-refractivity contribution in [1.82, 2.24) is 5.06 Å². The van der Waals surface area contributed by atoms with Crippen LogP contribution < -0.4 is 0 Å². The normalized spacial score (nSPS) is 25.2. The van der Waals surface area contributed by atoms with Crippen LogP contribution in [0.15, 0.2) is 54.1 Å². The van der Waals surface area contributed by atoms with Crippen molar-refractivity contribution in [3.8, 4) is 0 Å². The molecule has 0 unspecified atom stereocenters. The van der Waals surface area contributed by atoms with E-state index in [4.69, 9.17) is 19.0 Å². The SMILES string of the molecule is CC(C)(C)OC(=O)/C=C/C1=CCON(Cc2ccccc2)[C@H]1[C@H]1COC(C)(C)O1. The van der Waals surface area contributed by atoms with E-state index in [9.17, 15) is 4.79 Å². The Bertz CT molecular complexity index is 763. The van der Waals surface area contributed by atoms with Gasteiger partial charge in [0.2, 0.25) is 0 Å². The lowest BCUT2D eigenvalue weighted by atomic mass is 9.98. The molecule has 2 aliphatic rings. The largest absolute Gasteiger partial charge is 0.457 e. The summed E-state index contributed by atoms with van der Waals surface area (Å²) in [6.45, 7) is 10.8. The highest BCUT2D eigenvalue weighted by Crippen LogP contribution is 2.32. The number of carbonyl (C=O) groups excluding carboxylic acids is 1. The maximum absolute atomic E-state index is 12.2. The van der Waals surface area contributed by atoms with Gasteiger partial charge in [-0.15, -0.1) is 0 Å². The first kappa shape index (κ1) is 21.7. The molecule has 3 rings (SSSR count). The number of esters is 1. The van der Waals surface area contributed by atoms with Crippen LogP contribution in [0.1, 0.15) is 40.2 Å². The Kier molecular flexibility index (Phi) is 6.58. The number of hydrogen-bond acceptors (Lipinski definition) is 6. The van der Waals surface area contributed by atoms with Crippen molar-refractivity contribution in [3.63, 3.8) is 0 Å². The quantitative estimate of drug-likeness (QED) is 0.553. The lowest BCUT2D eigenvalue weighted by Gasteiger charge is -2.37. The highest BCUT2D eigenvalue weighted by atomic mass is 16.7. The summed E-state index contributed by atoms with van der Waals surface area (Å²) >= 11 is 0. The van der Waals surface area contributed by atoms with Gasteiger partial charge in [0.05, 0.1) is 19.3 Å². The zero-order valence-electron chi connectivity index (χ0n) is 17.9. The van der Waals surface area contributed by atoms with Gasteiger partial charge in [-0.3, -0.25) is 4.84 Å². The summed E-state index contributed by atoms with van der Waals surface area (Å²) in [7, 11) is 0. The summed E-state index contributed by atoms with van der Waals surface area (Å²) < 4.78 is 17.3. The molecule has 0 saturated carbocycles. The third kappa shape index (κ3) is 6.24. The average molecular weight is 402 g/mol. The first-order valence-electron chi connectivity index (χ1n) is 9.99. The van der Waals surface area contributed by atoms with Gasteiger partial charge in [0.15, 0.2) is 5.79 Å². The van der Waals surface area contributed by atoms with Gasteiger partial charge in [-0.05, 0) is 45.8 Å². The molecule has 0 radical (unpaired) electrons. The standard InChI is InChI=1S/C23H31NO5/c1-22(2,3)29-20(25)12-11-18-13-14-27-24(15-17-9-7-6-8-10-17)21(18)19-16-26-23(4,5)28-19/h6-13,19,21H,14-16H2,1-5H3/b12-11+/t19-,21-/m1/s1. The Morgan fingerprint density at radius 3 is 2.62 bits per heavy atom. The summed E-state index contributed by atoms with van der Waals surface area (Å²) in [6, 6.07) is 9.92. The van der Waals surface area contributed by atoms with Gasteiger partial charge in [0.25, 0.3) is 0 Å². The molecule has 0 bridgehead atoms. The summed E-state index contributed by atoms with van der Waals surface area (Å²) in [5.41, 5.74) is 1.55. The van der Waals surface area contributed by atoms with E-state index in [1.54, 1.807) is 6.08 Å². The zero-order chi connectivity index (χ0) is 21.1. The Hall–Kier alpha value is -1.99. The van der Waals surface area contributed by atoms with Crippen LogP contribution in [-0.4, -0.2) is 47.8 Å². The smallest absolute Gasteiger partial charge is 0.331 e. The number of ether oxygens (including phenoxy) is 3. The Labute approximate surface area is 173 Å². The Morgan fingerprint density at radius 2 is 2.00 bits per heavy atom. The first-order chi connectivity index (χ1) is 13.6. The van der Waals surface area contributed by atoms with Crippen molar-refractivity contribution in [2.45, 2.75) is 64.7 Å². The molecule has 0 aromatic heterocycles. The summed E-state index contributed by atoms with van der Waals surface area (Å²) in [6.07, 6.45) is 5.02. The van der Waals surface area contributed by atoms with Crippen LogP contribution >= 0.6 is 0 Å². The second-order valence-electron chi connectivity index (χ2n) is 8.74. The minimum absolute atomic E-state index is 0.204. The van der Waals surface area contributed by atoms with Crippen LogP contribution in [-0.2, 0) is 30.4 Å². The Morgan fingerprint density at radius 1 is 1.28 bits per heavy atom. The molecule has 1 aromatic carbocycles. The maximum atomic E-state index is 12.2. The predicted octanol–water partition coefficient (Wildman–Crippen LogP) is 3.78. The van der Waals surface area contributed by atoms with E-state index in [0.29, 0.717) is 19.8 Å². The number of rotatable bonds is 5. The minimum atomic E-state index is -0.652. The van der Waals surface area contributed by atoms with Crippen molar-refractivity contribution < 1.29 is 23.8 Å². The van der Waals surface area contributed by atoms with Crippen LogP contribution in [0.5, 0.6) is 0 Å². The fraction of sp³-hybridized carbons (Fsp3) is 0.522. The summed E-state index contributed by atoms with van der Waals surface area (Å²) in [5, 5.41) is 1.92. The molecule has 1 aromatic rings.